The highest BCUT2D eigenvalue weighted by Crippen LogP contribution is 2.35. The highest BCUT2D eigenvalue weighted by atomic mass is 32.1. The van der Waals surface area contributed by atoms with Gasteiger partial charge in [0.1, 0.15) is 11.2 Å². The molecule has 0 spiro atoms. The van der Waals surface area contributed by atoms with Gasteiger partial charge in [-0.15, -0.1) is 11.3 Å². The van der Waals surface area contributed by atoms with Crippen LogP contribution in [0.25, 0.3) is 10.6 Å². The fourth-order valence-electron chi connectivity index (χ4n) is 3.03. The first kappa shape index (κ1) is 17.5. The first-order valence-electron chi connectivity index (χ1n) is 8.10. The van der Waals surface area contributed by atoms with Crippen LogP contribution in [0.4, 0.5) is 18.9 Å². The summed E-state index contributed by atoms with van der Waals surface area (Å²) < 4.78 is 38.1. The second-order valence-corrected chi connectivity index (χ2v) is 7.01. The second kappa shape index (κ2) is 6.38. The molecule has 1 amide bonds. The third-order valence-electron chi connectivity index (χ3n) is 4.45. The smallest absolute Gasteiger partial charge is 0.349 e. The Hall–Kier alpha value is -2.87. The number of hydrogen-bond donors (Lipinski definition) is 1. The summed E-state index contributed by atoms with van der Waals surface area (Å²) in [6, 6.07) is 12.2. The minimum Gasteiger partial charge on any atom is -0.349 e. The number of benzene rings is 2. The monoisotopic (exact) mass is 389 g/mol. The van der Waals surface area contributed by atoms with Gasteiger partial charge in [0.25, 0.3) is 5.91 Å². The topological polar surface area (TPSA) is 45.2 Å². The van der Waals surface area contributed by atoms with E-state index in [2.05, 4.69) is 10.3 Å². The normalized spacial score (nSPS) is 16.8. The standard InChI is InChI=1S/C19H14F3N3OS/c1-25-15-5-3-2-4-13(15)17(26)24-16(25)14-10-27-18(23-14)11-6-8-12(9-7-11)19(20,21)22/h2-10,16H,1H3,(H,24,26)/t16-/m1/s1. The molecule has 0 unspecified atom stereocenters. The van der Waals surface area contributed by atoms with E-state index in [9.17, 15) is 18.0 Å². The minimum absolute atomic E-state index is 0.183. The Kier molecular flexibility index (Phi) is 4.15. The Morgan fingerprint density at radius 2 is 1.81 bits per heavy atom. The Bertz CT molecular complexity index is 998. The van der Waals surface area contributed by atoms with Crippen LogP contribution in [0.5, 0.6) is 0 Å². The van der Waals surface area contributed by atoms with E-state index in [-0.39, 0.29) is 5.91 Å². The van der Waals surface area contributed by atoms with Crippen LogP contribution in [0.3, 0.4) is 0 Å². The number of hydrogen-bond acceptors (Lipinski definition) is 4. The van der Waals surface area contributed by atoms with E-state index < -0.39 is 17.9 Å². The lowest BCUT2D eigenvalue weighted by Crippen LogP contribution is -2.44. The van der Waals surface area contributed by atoms with Gasteiger partial charge >= 0.3 is 6.18 Å². The number of carbonyl (C=O) groups excluding carboxylic acids is 1. The van der Waals surface area contributed by atoms with Crippen LogP contribution in [-0.2, 0) is 6.18 Å². The van der Waals surface area contributed by atoms with Crippen molar-refractivity contribution >= 4 is 22.9 Å². The maximum atomic E-state index is 12.7. The van der Waals surface area contributed by atoms with Gasteiger partial charge in [0.15, 0.2) is 0 Å². The fourth-order valence-corrected chi connectivity index (χ4v) is 3.87. The van der Waals surface area contributed by atoms with Crippen molar-refractivity contribution in [2.24, 2.45) is 0 Å². The third-order valence-corrected chi connectivity index (χ3v) is 5.35. The number of carbonyl (C=O) groups is 1. The molecule has 4 nitrogen and oxygen atoms in total. The lowest BCUT2D eigenvalue weighted by molar-refractivity contribution is -0.137. The number of anilines is 1. The second-order valence-electron chi connectivity index (χ2n) is 6.16. The molecule has 8 heteroatoms. The van der Waals surface area contributed by atoms with E-state index in [1.54, 1.807) is 12.1 Å². The van der Waals surface area contributed by atoms with Crippen LogP contribution >= 0.6 is 11.3 Å². The number of amides is 1. The lowest BCUT2D eigenvalue weighted by Gasteiger charge is -2.35. The molecule has 4 rings (SSSR count). The summed E-state index contributed by atoms with van der Waals surface area (Å²) in [7, 11) is 1.86. The minimum atomic E-state index is -4.37. The van der Waals surface area contributed by atoms with Gasteiger partial charge in [0, 0.05) is 18.0 Å². The molecular formula is C19H14F3N3OS. The average molecular weight is 389 g/mol. The molecule has 138 valence electrons. The van der Waals surface area contributed by atoms with Crippen LogP contribution in [0.15, 0.2) is 53.9 Å². The fraction of sp³-hybridized carbons (Fsp3) is 0.158. The van der Waals surface area contributed by atoms with E-state index >= 15 is 0 Å². The molecule has 27 heavy (non-hydrogen) atoms. The van der Waals surface area contributed by atoms with Crippen LogP contribution in [0, 0.1) is 0 Å². The van der Waals surface area contributed by atoms with Crippen molar-refractivity contribution in [3.63, 3.8) is 0 Å². The molecule has 0 bridgehead atoms. The summed E-state index contributed by atoms with van der Waals surface area (Å²) >= 11 is 1.32. The molecule has 0 radical (unpaired) electrons. The molecule has 1 atom stereocenters. The summed E-state index contributed by atoms with van der Waals surface area (Å²) in [6.45, 7) is 0. The van der Waals surface area contributed by atoms with Crippen LogP contribution in [0.1, 0.15) is 27.8 Å². The molecule has 0 aliphatic carbocycles. The van der Waals surface area contributed by atoms with Crippen LogP contribution in [-0.4, -0.2) is 17.9 Å². The SMILES string of the molecule is CN1c2ccccc2C(=O)N[C@H]1c1csc(-c2ccc(C(F)(F)F)cc2)n1. The Morgan fingerprint density at radius 1 is 1.11 bits per heavy atom. The summed E-state index contributed by atoms with van der Waals surface area (Å²) in [4.78, 5) is 18.8. The molecular weight excluding hydrogens is 375 g/mol. The number of nitrogens with zero attached hydrogens (tertiary/aromatic N) is 2. The van der Waals surface area contributed by atoms with Crippen molar-refractivity contribution in [1.82, 2.24) is 10.3 Å². The number of rotatable bonds is 2. The van der Waals surface area contributed by atoms with E-state index in [0.29, 0.717) is 21.8 Å². The van der Waals surface area contributed by atoms with Gasteiger partial charge in [0.05, 0.1) is 22.5 Å². The number of alkyl halides is 3. The van der Waals surface area contributed by atoms with Gasteiger partial charge in [0.2, 0.25) is 0 Å². The summed E-state index contributed by atoms with van der Waals surface area (Å²) in [5.74, 6) is -0.183. The first-order chi connectivity index (χ1) is 12.8. The maximum absolute atomic E-state index is 12.7. The molecule has 2 aromatic carbocycles. The van der Waals surface area contributed by atoms with E-state index in [1.807, 2.05) is 29.5 Å². The summed E-state index contributed by atoms with van der Waals surface area (Å²) in [5, 5.41) is 5.32. The molecule has 1 aliphatic heterocycles. The summed E-state index contributed by atoms with van der Waals surface area (Å²) in [5.41, 5.74) is 1.94. The highest BCUT2D eigenvalue weighted by molar-refractivity contribution is 7.13. The van der Waals surface area contributed by atoms with Gasteiger partial charge < -0.3 is 10.2 Å². The molecule has 0 fully saturated rings. The molecule has 1 N–H and O–H groups in total. The van der Waals surface area contributed by atoms with Crippen molar-refractivity contribution in [3.8, 4) is 10.6 Å². The number of para-hydroxylation sites is 1. The Labute approximate surface area is 157 Å². The Balaban J connectivity index is 1.63. The Morgan fingerprint density at radius 3 is 2.52 bits per heavy atom. The quantitative estimate of drug-likeness (QED) is 0.691. The van der Waals surface area contributed by atoms with Gasteiger partial charge in [-0.05, 0) is 24.3 Å². The number of halogens is 3. The van der Waals surface area contributed by atoms with Crippen molar-refractivity contribution in [1.29, 1.82) is 0 Å². The lowest BCUT2D eigenvalue weighted by atomic mass is 10.1. The van der Waals surface area contributed by atoms with Crippen molar-refractivity contribution < 1.29 is 18.0 Å². The van der Waals surface area contributed by atoms with Crippen molar-refractivity contribution in [2.45, 2.75) is 12.3 Å². The molecule has 0 saturated heterocycles. The molecule has 0 saturated carbocycles. The predicted octanol–water partition coefficient (Wildman–Crippen LogP) is 4.71. The van der Waals surface area contributed by atoms with E-state index in [0.717, 1.165) is 17.8 Å². The molecule has 2 heterocycles. The van der Waals surface area contributed by atoms with E-state index in [4.69, 9.17) is 0 Å². The van der Waals surface area contributed by atoms with Gasteiger partial charge in [-0.25, -0.2) is 4.98 Å². The largest absolute Gasteiger partial charge is 0.416 e. The highest BCUT2D eigenvalue weighted by Gasteiger charge is 2.31. The van der Waals surface area contributed by atoms with Gasteiger partial charge in [-0.1, -0.05) is 24.3 Å². The predicted molar refractivity (Wildman–Crippen MR) is 97.6 cm³/mol. The van der Waals surface area contributed by atoms with E-state index in [1.165, 1.54) is 23.5 Å². The van der Waals surface area contributed by atoms with Crippen molar-refractivity contribution in [3.05, 3.63) is 70.7 Å². The maximum Gasteiger partial charge on any atom is 0.416 e. The average Bonchev–Trinajstić information content (AvgIpc) is 3.14. The molecule has 1 aromatic heterocycles. The van der Waals surface area contributed by atoms with Crippen molar-refractivity contribution in [2.75, 3.05) is 11.9 Å². The summed E-state index contributed by atoms with van der Waals surface area (Å²) in [6.07, 6.45) is -4.80. The van der Waals surface area contributed by atoms with Crippen LogP contribution < -0.4 is 10.2 Å². The number of fused-ring (bicyclic) bond motifs is 1. The first-order valence-corrected chi connectivity index (χ1v) is 8.98. The van der Waals surface area contributed by atoms with Gasteiger partial charge in [-0.3, -0.25) is 4.79 Å². The third kappa shape index (κ3) is 3.16. The number of aromatic nitrogens is 1. The van der Waals surface area contributed by atoms with Gasteiger partial charge in [-0.2, -0.15) is 13.2 Å². The number of thiazole rings is 1. The van der Waals surface area contributed by atoms with Crippen LogP contribution in [0.2, 0.25) is 0 Å². The number of nitrogens with one attached hydrogen (secondary N) is 1. The zero-order chi connectivity index (χ0) is 19.2. The molecule has 1 aliphatic rings. The zero-order valence-electron chi connectivity index (χ0n) is 14.1. The molecule has 3 aromatic rings. The zero-order valence-corrected chi connectivity index (χ0v) is 14.9.